The van der Waals surface area contributed by atoms with Crippen molar-refractivity contribution in [2.45, 2.75) is 18.6 Å². The number of hydrogen-bond acceptors (Lipinski definition) is 3. The van der Waals surface area contributed by atoms with Crippen molar-refractivity contribution in [1.82, 2.24) is 10.3 Å². The van der Waals surface area contributed by atoms with E-state index in [1.165, 1.54) is 0 Å². The van der Waals surface area contributed by atoms with Crippen molar-refractivity contribution >= 4 is 17.5 Å². The lowest BCUT2D eigenvalue weighted by molar-refractivity contribution is 0.0818. The molecule has 2 unspecified atom stereocenters. The van der Waals surface area contributed by atoms with E-state index in [0.29, 0.717) is 17.3 Å². The van der Waals surface area contributed by atoms with E-state index in [0.717, 1.165) is 12.0 Å². The molecule has 2 aromatic rings. The number of pyridine rings is 1. The molecule has 4 nitrogen and oxygen atoms in total. The normalized spacial score (nSPS) is 21.2. The van der Waals surface area contributed by atoms with Gasteiger partial charge in [-0.15, -0.1) is 0 Å². The Balaban J connectivity index is 1.72. The van der Waals surface area contributed by atoms with Gasteiger partial charge in [-0.25, -0.2) is 0 Å². The van der Waals surface area contributed by atoms with Gasteiger partial charge in [0, 0.05) is 17.8 Å². The quantitative estimate of drug-likeness (QED) is 0.948. The van der Waals surface area contributed by atoms with Crippen molar-refractivity contribution in [2.24, 2.45) is 0 Å². The molecule has 1 saturated heterocycles. The molecule has 1 aromatic heterocycles. The fourth-order valence-corrected chi connectivity index (χ4v) is 2.58. The van der Waals surface area contributed by atoms with E-state index in [-0.39, 0.29) is 18.1 Å². The molecular weight excluding hydrogens is 288 g/mol. The Morgan fingerprint density at radius 2 is 2.05 bits per heavy atom. The summed E-state index contributed by atoms with van der Waals surface area (Å²) >= 11 is 5.90. The summed E-state index contributed by atoms with van der Waals surface area (Å²) in [5.41, 5.74) is 1.43. The predicted octanol–water partition coefficient (Wildman–Crippen LogP) is 3.00. The minimum Gasteiger partial charge on any atom is -0.371 e. The lowest BCUT2D eigenvalue weighted by Crippen LogP contribution is -2.37. The second-order valence-electron chi connectivity index (χ2n) is 4.93. The van der Waals surface area contributed by atoms with E-state index >= 15 is 0 Å². The average Bonchev–Trinajstić information content (AvgIpc) is 2.97. The summed E-state index contributed by atoms with van der Waals surface area (Å²) in [6.07, 6.45) is 2.25. The summed E-state index contributed by atoms with van der Waals surface area (Å²) < 4.78 is 5.75. The smallest absolute Gasteiger partial charge is 0.270 e. The number of aromatic nitrogens is 1. The van der Waals surface area contributed by atoms with E-state index in [9.17, 15) is 4.79 Å². The van der Waals surface area contributed by atoms with Gasteiger partial charge >= 0.3 is 0 Å². The SMILES string of the molecule is O=C(NC1CCOC1c1ccc(Cl)cc1)c1ccccn1. The Morgan fingerprint density at radius 1 is 1.24 bits per heavy atom. The fourth-order valence-electron chi connectivity index (χ4n) is 2.46. The predicted molar refractivity (Wildman–Crippen MR) is 80.3 cm³/mol. The van der Waals surface area contributed by atoms with Crippen LogP contribution in [0.1, 0.15) is 28.6 Å². The molecule has 2 heterocycles. The summed E-state index contributed by atoms with van der Waals surface area (Å²) in [6.45, 7) is 0.625. The largest absolute Gasteiger partial charge is 0.371 e. The first-order valence-corrected chi connectivity index (χ1v) is 7.21. The number of ether oxygens (including phenoxy) is 1. The van der Waals surface area contributed by atoms with Crippen molar-refractivity contribution in [2.75, 3.05) is 6.61 Å². The Bertz CT molecular complexity index is 616. The molecule has 0 aliphatic carbocycles. The first-order chi connectivity index (χ1) is 10.2. The van der Waals surface area contributed by atoms with Gasteiger partial charge < -0.3 is 10.1 Å². The van der Waals surface area contributed by atoms with Crippen LogP contribution in [0, 0.1) is 0 Å². The third-order valence-corrected chi connectivity index (χ3v) is 3.76. The third kappa shape index (κ3) is 3.23. The zero-order valence-corrected chi connectivity index (χ0v) is 12.1. The van der Waals surface area contributed by atoms with Crippen LogP contribution in [0.15, 0.2) is 48.7 Å². The van der Waals surface area contributed by atoms with Crippen molar-refractivity contribution in [3.05, 3.63) is 64.9 Å². The van der Waals surface area contributed by atoms with E-state index in [1.807, 2.05) is 24.3 Å². The van der Waals surface area contributed by atoms with Crippen LogP contribution < -0.4 is 5.32 Å². The van der Waals surface area contributed by atoms with Crippen LogP contribution in [0.5, 0.6) is 0 Å². The van der Waals surface area contributed by atoms with Crippen LogP contribution in [-0.4, -0.2) is 23.5 Å². The van der Waals surface area contributed by atoms with Gasteiger partial charge in [-0.2, -0.15) is 0 Å². The summed E-state index contributed by atoms with van der Waals surface area (Å²) in [5.74, 6) is -0.176. The van der Waals surface area contributed by atoms with E-state index in [2.05, 4.69) is 10.3 Å². The Morgan fingerprint density at radius 3 is 2.76 bits per heavy atom. The van der Waals surface area contributed by atoms with Gasteiger partial charge in [-0.05, 0) is 36.2 Å². The van der Waals surface area contributed by atoms with E-state index in [1.54, 1.807) is 24.4 Å². The van der Waals surface area contributed by atoms with Gasteiger partial charge in [0.2, 0.25) is 0 Å². The van der Waals surface area contributed by atoms with Crippen LogP contribution in [-0.2, 0) is 4.74 Å². The molecule has 108 valence electrons. The average molecular weight is 303 g/mol. The molecule has 2 atom stereocenters. The molecule has 0 saturated carbocycles. The molecule has 0 bridgehead atoms. The lowest BCUT2D eigenvalue weighted by atomic mass is 10.0. The number of amides is 1. The Labute approximate surface area is 128 Å². The monoisotopic (exact) mass is 302 g/mol. The van der Waals surface area contributed by atoms with Crippen LogP contribution >= 0.6 is 11.6 Å². The zero-order chi connectivity index (χ0) is 14.7. The number of hydrogen-bond donors (Lipinski definition) is 1. The lowest BCUT2D eigenvalue weighted by Gasteiger charge is -2.20. The summed E-state index contributed by atoms with van der Waals surface area (Å²) in [7, 11) is 0. The maximum Gasteiger partial charge on any atom is 0.270 e. The summed E-state index contributed by atoms with van der Waals surface area (Å²) in [5, 5.41) is 3.68. The number of halogens is 1. The Hall–Kier alpha value is -1.91. The minimum atomic E-state index is -0.176. The van der Waals surface area contributed by atoms with Crippen LogP contribution in [0.25, 0.3) is 0 Å². The van der Waals surface area contributed by atoms with E-state index in [4.69, 9.17) is 16.3 Å². The first kappa shape index (κ1) is 14.0. The second-order valence-corrected chi connectivity index (χ2v) is 5.36. The molecule has 0 radical (unpaired) electrons. The highest BCUT2D eigenvalue weighted by molar-refractivity contribution is 6.30. The molecule has 1 amide bonds. The topological polar surface area (TPSA) is 51.2 Å². The van der Waals surface area contributed by atoms with Crippen molar-refractivity contribution < 1.29 is 9.53 Å². The molecular formula is C16H15ClN2O2. The minimum absolute atomic E-state index is 0.0549. The van der Waals surface area contributed by atoms with Crippen molar-refractivity contribution in [3.8, 4) is 0 Å². The molecule has 1 aromatic carbocycles. The molecule has 3 rings (SSSR count). The molecule has 21 heavy (non-hydrogen) atoms. The van der Waals surface area contributed by atoms with Gasteiger partial charge in [0.05, 0.1) is 6.04 Å². The molecule has 1 fully saturated rings. The van der Waals surface area contributed by atoms with E-state index < -0.39 is 0 Å². The number of rotatable bonds is 3. The molecule has 1 aliphatic rings. The number of nitrogens with zero attached hydrogens (tertiary/aromatic N) is 1. The molecule has 1 aliphatic heterocycles. The highest BCUT2D eigenvalue weighted by atomic mass is 35.5. The summed E-state index contributed by atoms with van der Waals surface area (Å²) in [6, 6.07) is 12.7. The molecule has 5 heteroatoms. The van der Waals surface area contributed by atoms with Gasteiger partial charge in [0.25, 0.3) is 5.91 Å². The Kier molecular flexibility index (Phi) is 4.18. The van der Waals surface area contributed by atoms with Crippen LogP contribution in [0.3, 0.4) is 0 Å². The molecule has 1 N–H and O–H groups in total. The maximum absolute atomic E-state index is 12.2. The van der Waals surface area contributed by atoms with Gasteiger partial charge in [-0.3, -0.25) is 9.78 Å². The van der Waals surface area contributed by atoms with Gasteiger partial charge in [-0.1, -0.05) is 29.8 Å². The zero-order valence-electron chi connectivity index (χ0n) is 11.3. The van der Waals surface area contributed by atoms with Crippen LogP contribution in [0.2, 0.25) is 5.02 Å². The van der Waals surface area contributed by atoms with Crippen molar-refractivity contribution in [1.29, 1.82) is 0 Å². The second kappa shape index (κ2) is 6.24. The summed E-state index contributed by atoms with van der Waals surface area (Å²) in [4.78, 5) is 16.2. The van der Waals surface area contributed by atoms with Gasteiger partial charge in [0.15, 0.2) is 0 Å². The van der Waals surface area contributed by atoms with Crippen molar-refractivity contribution in [3.63, 3.8) is 0 Å². The van der Waals surface area contributed by atoms with Gasteiger partial charge in [0.1, 0.15) is 11.8 Å². The number of carbonyl (C=O) groups is 1. The number of carbonyl (C=O) groups excluding carboxylic acids is 1. The third-order valence-electron chi connectivity index (χ3n) is 3.50. The standard InChI is InChI=1S/C16H15ClN2O2/c17-12-6-4-11(5-7-12)15-13(8-10-21-15)19-16(20)14-3-1-2-9-18-14/h1-7,9,13,15H,8,10H2,(H,19,20). The number of benzene rings is 1. The highest BCUT2D eigenvalue weighted by Crippen LogP contribution is 2.30. The maximum atomic E-state index is 12.2. The first-order valence-electron chi connectivity index (χ1n) is 6.83. The fraction of sp³-hybridized carbons (Fsp3) is 0.250. The number of nitrogens with one attached hydrogen (secondary N) is 1. The molecule has 0 spiro atoms. The highest BCUT2D eigenvalue weighted by Gasteiger charge is 2.31. The van der Waals surface area contributed by atoms with Crippen LogP contribution in [0.4, 0.5) is 0 Å².